The Labute approximate surface area is 150 Å². The van der Waals surface area contributed by atoms with Crippen molar-refractivity contribution in [3.8, 4) is 0 Å². The molecule has 0 aliphatic heterocycles. The van der Waals surface area contributed by atoms with Crippen LogP contribution < -0.4 is 4.84 Å². The second kappa shape index (κ2) is 7.07. The van der Waals surface area contributed by atoms with Gasteiger partial charge >= 0.3 is 5.97 Å². The van der Waals surface area contributed by atoms with Crippen LogP contribution in [0, 0.1) is 11.8 Å². The zero-order valence-corrected chi connectivity index (χ0v) is 14.2. The van der Waals surface area contributed by atoms with Crippen LogP contribution in [0.3, 0.4) is 0 Å². The van der Waals surface area contributed by atoms with E-state index in [0.717, 1.165) is 17.7 Å². The minimum atomic E-state index is -0.459. The van der Waals surface area contributed by atoms with Gasteiger partial charge in [-0.2, -0.15) is 0 Å². The van der Waals surface area contributed by atoms with Gasteiger partial charge in [-0.05, 0) is 30.2 Å². The third-order valence-corrected chi connectivity index (χ3v) is 4.96. The van der Waals surface area contributed by atoms with Gasteiger partial charge in [0.1, 0.15) is 11.0 Å². The number of hydrogen-bond acceptors (Lipinski definition) is 5. The van der Waals surface area contributed by atoms with Crippen molar-refractivity contribution in [3.05, 3.63) is 60.2 Å². The van der Waals surface area contributed by atoms with E-state index >= 15 is 0 Å². The van der Waals surface area contributed by atoms with Crippen molar-refractivity contribution in [3.63, 3.8) is 0 Å². The van der Waals surface area contributed by atoms with Crippen LogP contribution in [-0.2, 0) is 4.79 Å². The molecule has 6 heteroatoms. The molecule has 2 atom stereocenters. The fraction of sp³-hybridized carbons (Fsp3) is 0.300. The average Bonchev–Trinajstić information content (AvgIpc) is 3.11. The molecule has 6 nitrogen and oxygen atoms in total. The summed E-state index contributed by atoms with van der Waals surface area (Å²) in [5.74, 6) is -1.22. The van der Waals surface area contributed by atoms with Gasteiger partial charge in [0.15, 0.2) is 5.78 Å². The Bertz CT molecular complexity index is 936. The summed E-state index contributed by atoms with van der Waals surface area (Å²) in [5, 5.41) is 7.88. The van der Waals surface area contributed by atoms with Gasteiger partial charge in [0.25, 0.3) is 0 Å². The fourth-order valence-electron chi connectivity index (χ4n) is 3.61. The molecule has 1 aromatic heterocycles. The summed E-state index contributed by atoms with van der Waals surface area (Å²) in [5.41, 5.74) is 1.92. The summed E-state index contributed by atoms with van der Waals surface area (Å²) < 4.78 is 0. The first kappa shape index (κ1) is 16.4. The average molecular weight is 349 g/mol. The van der Waals surface area contributed by atoms with Gasteiger partial charge in [-0.1, -0.05) is 60.2 Å². The van der Waals surface area contributed by atoms with Crippen molar-refractivity contribution in [2.24, 2.45) is 11.8 Å². The van der Waals surface area contributed by atoms with Crippen LogP contribution >= 0.6 is 0 Å². The van der Waals surface area contributed by atoms with Gasteiger partial charge in [0.05, 0.1) is 5.92 Å². The van der Waals surface area contributed by atoms with Gasteiger partial charge in [0, 0.05) is 11.5 Å². The number of fused-ring (bicyclic) bond motifs is 1. The molecule has 3 aromatic rings. The number of benzene rings is 2. The Morgan fingerprint density at radius 1 is 0.923 bits per heavy atom. The molecule has 0 unspecified atom stereocenters. The molecule has 132 valence electrons. The number of Topliss-reactive ketones (excluding diaryl/α,β-unsaturated/α-hetero) is 1. The van der Waals surface area contributed by atoms with E-state index in [0.29, 0.717) is 29.4 Å². The Kier molecular flexibility index (Phi) is 4.48. The summed E-state index contributed by atoms with van der Waals surface area (Å²) in [4.78, 5) is 32.3. The van der Waals surface area contributed by atoms with Gasteiger partial charge < -0.3 is 4.84 Å². The van der Waals surface area contributed by atoms with Gasteiger partial charge in [-0.3, -0.25) is 4.79 Å². The van der Waals surface area contributed by atoms with E-state index in [4.69, 9.17) is 4.84 Å². The second-order valence-corrected chi connectivity index (χ2v) is 6.59. The standard InChI is InChI=1S/C20H19N3O3/c24-19(14-8-2-1-3-9-14)15-10-4-5-11-16(15)20(25)26-23-18-13-7-6-12-17(18)21-22-23/h1-3,6-9,12-13,15-16H,4-5,10-11H2/t15-,16-/m0/s1. The molecule has 0 spiro atoms. The van der Waals surface area contributed by atoms with Gasteiger partial charge in [-0.25, -0.2) is 4.79 Å². The van der Waals surface area contributed by atoms with Crippen LogP contribution in [0.15, 0.2) is 54.6 Å². The fourth-order valence-corrected chi connectivity index (χ4v) is 3.61. The first-order chi connectivity index (χ1) is 12.7. The molecule has 0 radical (unpaired) electrons. The number of nitrogens with zero attached hydrogens (tertiary/aromatic N) is 3. The predicted molar refractivity (Wildman–Crippen MR) is 95.3 cm³/mol. The normalized spacial score (nSPS) is 20.0. The summed E-state index contributed by atoms with van der Waals surface area (Å²) in [6.45, 7) is 0. The Morgan fingerprint density at radius 2 is 1.62 bits per heavy atom. The predicted octanol–water partition coefficient (Wildman–Crippen LogP) is 3.08. The molecule has 0 amide bonds. The number of aromatic nitrogens is 3. The molecular formula is C20H19N3O3. The summed E-state index contributed by atoms with van der Waals surface area (Å²) in [6, 6.07) is 16.4. The maximum atomic E-state index is 12.9. The van der Waals surface area contributed by atoms with E-state index in [2.05, 4.69) is 10.3 Å². The maximum absolute atomic E-state index is 12.9. The SMILES string of the molecule is O=C(On1nnc2ccccc21)[C@H]1CCCC[C@@H]1C(=O)c1ccccc1. The zero-order valence-electron chi connectivity index (χ0n) is 14.2. The van der Waals surface area contributed by atoms with E-state index in [9.17, 15) is 9.59 Å². The molecule has 1 fully saturated rings. The van der Waals surface area contributed by atoms with Crippen molar-refractivity contribution < 1.29 is 14.4 Å². The lowest BCUT2D eigenvalue weighted by molar-refractivity contribution is -0.152. The minimum absolute atomic E-state index is 0.00991. The Balaban J connectivity index is 1.56. The maximum Gasteiger partial charge on any atom is 0.338 e. The van der Waals surface area contributed by atoms with Gasteiger partial charge in [0.2, 0.25) is 0 Å². The first-order valence-electron chi connectivity index (χ1n) is 8.86. The number of rotatable bonds is 4. The number of para-hydroxylation sites is 1. The number of carbonyl (C=O) groups is 2. The van der Waals surface area contributed by atoms with Crippen molar-refractivity contribution in [1.29, 1.82) is 0 Å². The Morgan fingerprint density at radius 3 is 2.42 bits per heavy atom. The van der Waals surface area contributed by atoms with E-state index in [1.807, 2.05) is 30.3 Å². The highest BCUT2D eigenvalue weighted by atomic mass is 16.7. The van der Waals surface area contributed by atoms with Crippen molar-refractivity contribution >= 4 is 22.8 Å². The quantitative estimate of drug-likeness (QED) is 0.534. The lowest BCUT2D eigenvalue weighted by atomic mass is 9.75. The van der Waals surface area contributed by atoms with Crippen molar-refractivity contribution in [2.45, 2.75) is 25.7 Å². The molecule has 1 aliphatic carbocycles. The van der Waals surface area contributed by atoms with E-state index in [-0.39, 0.29) is 11.7 Å². The Hall–Kier alpha value is -3.02. The summed E-state index contributed by atoms with van der Waals surface area (Å²) in [7, 11) is 0. The number of hydrogen-bond donors (Lipinski definition) is 0. The molecule has 0 bridgehead atoms. The van der Waals surface area contributed by atoms with Gasteiger partial charge in [-0.15, -0.1) is 5.10 Å². The number of carbonyl (C=O) groups excluding carboxylic acids is 2. The number of ketones is 1. The minimum Gasteiger partial charge on any atom is -0.317 e. The lowest BCUT2D eigenvalue weighted by Crippen LogP contribution is -2.38. The highest BCUT2D eigenvalue weighted by molar-refractivity contribution is 6.00. The largest absolute Gasteiger partial charge is 0.338 e. The zero-order chi connectivity index (χ0) is 17.9. The third kappa shape index (κ3) is 3.10. The molecule has 1 saturated carbocycles. The highest BCUT2D eigenvalue weighted by Gasteiger charge is 2.37. The molecule has 0 N–H and O–H groups in total. The van der Waals surface area contributed by atoms with Crippen LogP contribution in [0.5, 0.6) is 0 Å². The topological polar surface area (TPSA) is 74.1 Å². The molecule has 1 heterocycles. The van der Waals surface area contributed by atoms with Crippen molar-refractivity contribution in [2.75, 3.05) is 0 Å². The molecule has 1 aliphatic rings. The van der Waals surface area contributed by atoms with Crippen LogP contribution in [-0.4, -0.2) is 26.9 Å². The molecule has 4 rings (SSSR count). The van der Waals surface area contributed by atoms with Crippen LogP contribution in [0.4, 0.5) is 0 Å². The lowest BCUT2D eigenvalue weighted by Gasteiger charge is -2.28. The molecule has 2 aromatic carbocycles. The molecule has 0 saturated heterocycles. The van der Waals surface area contributed by atoms with Crippen molar-refractivity contribution in [1.82, 2.24) is 15.2 Å². The van der Waals surface area contributed by atoms with Crippen LogP contribution in [0.2, 0.25) is 0 Å². The van der Waals surface area contributed by atoms with E-state index in [1.54, 1.807) is 24.3 Å². The van der Waals surface area contributed by atoms with Crippen LogP contribution in [0.1, 0.15) is 36.0 Å². The highest BCUT2D eigenvalue weighted by Crippen LogP contribution is 2.33. The second-order valence-electron chi connectivity index (χ2n) is 6.59. The monoisotopic (exact) mass is 349 g/mol. The van der Waals surface area contributed by atoms with Crippen LogP contribution in [0.25, 0.3) is 11.0 Å². The third-order valence-electron chi connectivity index (χ3n) is 4.96. The first-order valence-corrected chi connectivity index (χ1v) is 8.86. The summed E-state index contributed by atoms with van der Waals surface area (Å²) in [6.07, 6.45) is 3.20. The van der Waals surface area contributed by atoms with E-state index < -0.39 is 11.9 Å². The smallest absolute Gasteiger partial charge is 0.317 e. The molecule has 26 heavy (non-hydrogen) atoms. The van der Waals surface area contributed by atoms with E-state index in [1.165, 1.54) is 0 Å². The molecular weight excluding hydrogens is 330 g/mol. The summed E-state index contributed by atoms with van der Waals surface area (Å²) >= 11 is 0.